The Hall–Kier alpha value is -2.49. The second-order valence-corrected chi connectivity index (χ2v) is 11.5. The predicted octanol–water partition coefficient (Wildman–Crippen LogP) is 5.99. The number of fused-ring (bicyclic) bond motifs is 1. The molecular formula is C27H30N2O4S3. The molecule has 1 saturated heterocycles. The molecule has 0 spiro atoms. The number of nitrogens with one attached hydrogen (secondary N) is 1. The second-order valence-electron chi connectivity index (χ2n) is 8.72. The zero-order chi connectivity index (χ0) is 25.7. The molecule has 1 aliphatic carbocycles. The average Bonchev–Trinajstić information content (AvgIpc) is 3.36. The number of aryl methyl sites for hydroxylation is 2. The summed E-state index contributed by atoms with van der Waals surface area (Å²) < 4.78 is 5.77. The summed E-state index contributed by atoms with van der Waals surface area (Å²) in [6, 6.07) is 8.12. The first-order valence-corrected chi connectivity index (χ1v) is 14.4. The first-order chi connectivity index (χ1) is 17.4. The predicted molar refractivity (Wildman–Crippen MR) is 150 cm³/mol. The van der Waals surface area contributed by atoms with Crippen LogP contribution in [0.1, 0.15) is 71.5 Å². The first-order valence-electron chi connectivity index (χ1n) is 12.4. The molecule has 190 valence electrons. The molecule has 6 nitrogen and oxygen atoms in total. The molecule has 1 fully saturated rings. The van der Waals surface area contributed by atoms with E-state index >= 15 is 0 Å². The van der Waals surface area contributed by atoms with E-state index in [0.717, 1.165) is 48.1 Å². The molecule has 0 bridgehead atoms. The van der Waals surface area contributed by atoms with E-state index in [1.54, 1.807) is 11.8 Å². The Morgan fingerprint density at radius 1 is 1.17 bits per heavy atom. The lowest BCUT2D eigenvalue weighted by molar-refractivity contribution is -0.122. The quantitative estimate of drug-likeness (QED) is 0.238. The molecule has 9 heteroatoms. The lowest BCUT2D eigenvalue weighted by Crippen LogP contribution is -2.29. The standard InChI is InChI=1S/C27H30N2O4S3/c1-3-17-11-13-18(14-12-17)16-21-25(31)29(27(34)36-21)15-7-10-22(30)28-24-23(26(32)33-4-2)19-8-5-6-9-20(19)35-24/h11-14,16H,3-10,15H2,1-2H3,(H,28,30). The fraction of sp³-hybridized carbons (Fsp3) is 0.407. The van der Waals surface area contributed by atoms with Crippen LogP contribution in [0.25, 0.3) is 6.08 Å². The number of carbonyl (C=O) groups excluding carboxylic acids is 3. The summed E-state index contributed by atoms with van der Waals surface area (Å²) in [6.07, 6.45) is 7.40. The van der Waals surface area contributed by atoms with Crippen LogP contribution in [0.15, 0.2) is 29.2 Å². The maximum Gasteiger partial charge on any atom is 0.341 e. The van der Waals surface area contributed by atoms with Crippen LogP contribution < -0.4 is 5.32 Å². The lowest BCUT2D eigenvalue weighted by atomic mass is 9.95. The molecule has 2 aliphatic rings. The number of anilines is 1. The molecule has 2 aromatic rings. The van der Waals surface area contributed by atoms with Crippen LogP contribution in [-0.2, 0) is 33.6 Å². The SMILES string of the molecule is CCOC(=O)c1c(NC(=O)CCCN2C(=O)C(=Cc3ccc(CC)cc3)SC2=S)sc2c1CCCC2. The molecular weight excluding hydrogens is 513 g/mol. The van der Waals surface area contributed by atoms with Gasteiger partial charge in [0.25, 0.3) is 5.91 Å². The smallest absolute Gasteiger partial charge is 0.341 e. The number of benzene rings is 1. The van der Waals surface area contributed by atoms with Crippen LogP contribution in [0.5, 0.6) is 0 Å². The highest BCUT2D eigenvalue weighted by molar-refractivity contribution is 8.26. The van der Waals surface area contributed by atoms with Crippen molar-refractivity contribution in [3.05, 3.63) is 56.3 Å². The second kappa shape index (κ2) is 12.2. The molecule has 1 aromatic carbocycles. The van der Waals surface area contributed by atoms with Gasteiger partial charge in [-0.25, -0.2) is 4.79 Å². The minimum Gasteiger partial charge on any atom is -0.462 e. The zero-order valence-corrected chi connectivity index (χ0v) is 23.0. The number of thiocarbonyl (C=S) groups is 1. The van der Waals surface area contributed by atoms with E-state index in [9.17, 15) is 14.4 Å². The highest BCUT2D eigenvalue weighted by Gasteiger charge is 2.32. The van der Waals surface area contributed by atoms with Crippen LogP contribution in [0, 0.1) is 0 Å². The van der Waals surface area contributed by atoms with Gasteiger partial charge in [-0.1, -0.05) is 55.2 Å². The van der Waals surface area contributed by atoms with Crippen LogP contribution in [0.4, 0.5) is 5.00 Å². The van der Waals surface area contributed by atoms with E-state index in [0.29, 0.717) is 39.4 Å². The van der Waals surface area contributed by atoms with Crippen LogP contribution in [0.3, 0.4) is 0 Å². The molecule has 1 aromatic heterocycles. The van der Waals surface area contributed by atoms with Crippen LogP contribution >= 0.6 is 35.3 Å². The maximum absolute atomic E-state index is 12.9. The van der Waals surface area contributed by atoms with Gasteiger partial charge in [0.15, 0.2) is 0 Å². The highest BCUT2D eigenvalue weighted by Crippen LogP contribution is 2.39. The third-order valence-electron chi connectivity index (χ3n) is 6.25. The molecule has 0 atom stereocenters. The number of ether oxygens (including phenoxy) is 1. The normalized spacial score (nSPS) is 16.4. The van der Waals surface area contributed by atoms with Gasteiger partial charge in [0.1, 0.15) is 9.32 Å². The Bertz CT molecular complexity index is 1200. The molecule has 0 unspecified atom stereocenters. The van der Waals surface area contributed by atoms with Crippen molar-refractivity contribution in [2.45, 2.75) is 58.8 Å². The minimum atomic E-state index is -0.374. The monoisotopic (exact) mass is 542 g/mol. The van der Waals surface area contributed by atoms with E-state index in [1.807, 2.05) is 18.2 Å². The van der Waals surface area contributed by atoms with Crippen molar-refractivity contribution in [2.24, 2.45) is 0 Å². The number of esters is 1. The fourth-order valence-corrected chi connectivity index (χ4v) is 6.96. The Morgan fingerprint density at radius 3 is 2.64 bits per heavy atom. The average molecular weight is 543 g/mol. The van der Waals surface area contributed by atoms with Gasteiger partial charge in [0, 0.05) is 17.8 Å². The van der Waals surface area contributed by atoms with Crippen molar-refractivity contribution < 1.29 is 19.1 Å². The summed E-state index contributed by atoms with van der Waals surface area (Å²) in [7, 11) is 0. The van der Waals surface area contributed by atoms with Gasteiger partial charge in [-0.05, 0) is 68.2 Å². The fourth-order valence-electron chi connectivity index (χ4n) is 4.35. The Morgan fingerprint density at radius 2 is 1.92 bits per heavy atom. The molecule has 2 amide bonds. The summed E-state index contributed by atoms with van der Waals surface area (Å²) in [5, 5.41) is 3.51. The maximum atomic E-state index is 12.9. The third kappa shape index (κ3) is 6.07. The summed E-state index contributed by atoms with van der Waals surface area (Å²) in [5.41, 5.74) is 3.74. The van der Waals surface area contributed by atoms with Crippen molar-refractivity contribution in [2.75, 3.05) is 18.5 Å². The number of thioether (sulfide) groups is 1. The van der Waals surface area contributed by atoms with Crippen molar-refractivity contribution in [1.29, 1.82) is 0 Å². The molecule has 2 heterocycles. The number of thiophene rings is 1. The van der Waals surface area contributed by atoms with Gasteiger partial charge in [-0.2, -0.15) is 0 Å². The summed E-state index contributed by atoms with van der Waals surface area (Å²) in [5.74, 6) is -0.683. The molecule has 36 heavy (non-hydrogen) atoms. The van der Waals surface area contributed by atoms with Crippen LogP contribution in [-0.4, -0.2) is 40.2 Å². The highest BCUT2D eigenvalue weighted by atomic mass is 32.2. The van der Waals surface area contributed by atoms with Gasteiger partial charge in [-0.15, -0.1) is 11.3 Å². The summed E-state index contributed by atoms with van der Waals surface area (Å²) in [4.78, 5) is 41.6. The van der Waals surface area contributed by atoms with E-state index in [1.165, 1.54) is 28.7 Å². The topological polar surface area (TPSA) is 75.7 Å². The van der Waals surface area contributed by atoms with E-state index in [4.69, 9.17) is 17.0 Å². The van der Waals surface area contributed by atoms with Crippen molar-refractivity contribution in [3.63, 3.8) is 0 Å². The molecule has 4 rings (SSSR count). The van der Waals surface area contributed by atoms with Gasteiger partial charge in [-0.3, -0.25) is 14.5 Å². The molecule has 0 radical (unpaired) electrons. The first kappa shape index (κ1) is 26.6. The van der Waals surface area contributed by atoms with Gasteiger partial charge < -0.3 is 10.1 Å². The number of amides is 2. The van der Waals surface area contributed by atoms with E-state index in [-0.39, 0.29) is 24.2 Å². The number of rotatable bonds is 9. The van der Waals surface area contributed by atoms with E-state index < -0.39 is 0 Å². The largest absolute Gasteiger partial charge is 0.462 e. The number of hydrogen-bond acceptors (Lipinski definition) is 7. The van der Waals surface area contributed by atoms with E-state index in [2.05, 4.69) is 24.4 Å². The lowest BCUT2D eigenvalue weighted by Gasteiger charge is -2.14. The third-order valence-corrected chi connectivity index (χ3v) is 8.83. The van der Waals surface area contributed by atoms with Gasteiger partial charge >= 0.3 is 5.97 Å². The van der Waals surface area contributed by atoms with Gasteiger partial charge in [0.05, 0.1) is 17.1 Å². The number of nitrogens with zero attached hydrogens (tertiary/aromatic N) is 1. The number of carbonyl (C=O) groups is 3. The summed E-state index contributed by atoms with van der Waals surface area (Å²) >= 11 is 8.20. The Kier molecular flexibility index (Phi) is 8.98. The molecule has 1 aliphatic heterocycles. The Labute approximate surface area is 225 Å². The summed E-state index contributed by atoms with van der Waals surface area (Å²) in [6.45, 7) is 4.54. The van der Waals surface area contributed by atoms with Gasteiger partial charge in [0.2, 0.25) is 5.91 Å². The van der Waals surface area contributed by atoms with Crippen LogP contribution in [0.2, 0.25) is 0 Å². The zero-order valence-electron chi connectivity index (χ0n) is 20.6. The number of hydrogen-bond donors (Lipinski definition) is 1. The molecule has 1 N–H and O–H groups in total. The van der Waals surface area contributed by atoms with Crippen molar-refractivity contribution >= 4 is 68.5 Å². The van der Waals surface area contributed by atoms with Crippen molar-refractivity contribution in [1.82, 2.24) is 4.90 Å². The van der Waals surface area contributed by atoms with Crippen molar-refractivity contribution in [3.8, 4) is 0 Å². The minimum absolute atomic E-state index is 0.125. The molecule has 0 saturated carbocycles. The Balaban J connectivity index is 1.35.